The highest BCUT2D eigenvalue weighted by molar-refractivity contribution is 6.04. The van der Waals surface area contributed by atoms with Gasteiger partial charge in [0.15, 0.2) is 5.78 Å². The molecule has 0 amide bonds. The number of carbonyl (C=O) groups excluding carboxylic acids is 1. The predicted octanol–water partition coefficient (Wildman–Crippen LogP) is 1.75. The van der Waals surface area contributed by atoms with Gasteiger partial charge in [-0.15, -0.1) is 0 Å². The minimum absolute atomic E-state index is 0.0456. The molecule has 22 heavy (non-hydrogen) atoms. The van der Waals surface area contributed by atoms with E-state index in [1.807, 2.05) is 26.1 Å². The van der Waals surface area contributed by atoms with Crippen LogP contribution in [0.25, 0.3) is 0 Å². The maximum Gasteiger partial charge on any atom is 0.178 e. The number of Topliss-reactive ketones (excluding diaryl/α,β-unsaturated/α-hetero) is 1. The highest BCUT2D eigenvalue weighted by atomic mass is 16.3. The normalized spacial score (nSPS) is 29.3. The maximum atomic E-state index is 12.5. The van der Waals surface area contributed by atoms with E-state index in [2.05, 4.69) is 18.1 Å². The van der Waals surface area contributed by atoms with E-state index in [0.29, 0.717) is 6.54 Å². The first kappa shape index (κ1) is 15.0. The highest BCUT2D eigenvalue weighted by Gasteiger charge is 2.54. The second-order valence-corrected chi connectivity index (χ2v) is 7.08. The monoisotopic (exact) mass is 299 g/mol. The first-order valence-electron chi connectivity index (χ1n) is 7.70. The van der Waals surface area contributed by atoms with E-state index in [0.717, 1.165) is 24.1 Å². The van der Waals surface area contributed by atoms with Crippen LogP contribution in [-0.2, 0) is 23.2 Å². The number of allylic oxidation sites excluding steroid dienone is 2. The van der Waals surface area contributed by atoms with Gasteiger partial charge in [0.25, 0.3) is 0 Å². The van der Waals surface area contributed by atoms with Gasteiger partial charge in [0.2, 0.25) is 0 Å². The third-order valence-corrected chi connectivity index (χ3v) is 5.37. The molecule has 2 aliphatic rings. The number of hydrogen-bond acceptors (Lipinski definition) is 4. The molecule has 1 N–H and O–H groups in total. The minimum Gasteiger partial charge on any atom is -0.394 e. The molecule has 0 aromatic carbocycles. The number of aromatic nitrogens is 2. The van der Waals surface area contributed by atoms with Crippen molar-refractivity contribution in [1.29, 1.82) is 5.26 Å². The fourth-order valence-corrected chi connectivity index (χ4v) is 4.31. The highest BCUT2D eigenvalue weighted by Crippen LogP contribution is 2.54. The van der Waals surface area contributed by atoms with Gasteiger partial charge in [-0.3, -0.25) is 9.48 Å². The summed E-state index contributed by atoms with van der Waals surface area (Å²) in [4.78, 5) is 12.5. The lowest BCUT2D eigenvalue weighted by Gasteiger charge is -2.49. The molecule has 0 aliphatic heterocycles. The molecule has 116 valence electrons. The van der Waals surface area contributed by atoms with Crippen molar-refractivity contribution in [3.8, 4) is 6.07 Å². The van der Waals surface area contributed by atoms with E-state index >= 15 is 0 Å². The molecule has 2 atom stereocenters. The Hall–Kier alpha value is -1.93. The van der Waals surface area contributed by atoms with Crippen LogP contribution in [0.15, 0.2) is 17.8 Å². The molecule has 0 fully saturated rings. The van der Waals surface area contributed by atoms with Crippen molar-refractivity contribution in [3.05, 3.63) is 29.1 Å². The van der Waals surface area contributed by atoms with Crippen LogP contribution in [0.3, 0.4) is 0 Å². The molecule has 0 spiro atoms. The molecule has 0 saturated heterocycles. The van der Waals surface area contributed by atoms with Crippen LogP contribution in [0.2, 0.25) is 0 Å². The number of rotatable bonds is 2. The van der Waals surface area contributed by atoms with Crippen molar-refractivity contribution in [2.24, 2.45) is 11.3 Å². The molecule has 2 aliphatic carbocycles. The summed E-state index contributed by atoms with van der Waals surface area (Å²) in [5, 5.41) is 23.1. The Morgan fingerprint density at radius 3 is 2.86 bits per heavy atom. The van der Waals surface area contributed by atoms with Gasteiger partial charge in [-0.2, -0.15) is 10.4 Å². The van der Waals surface area contributed by atoms with Gasteiger partial charge in [-0.1, -0.05) is 26.8 Å². The maximum absolute atomic E-state index is 12.5. The molecule has 0 unspecified atom stereocenters. The number of aryl methyl sites for hydroxylation is 1. The van der Waals surface area contributed by atoms with Crippen molar-refractivity contribution in [1.82, 2.24) is 9.78 Å². The molecule has 5 nitrogen and oxygen atoms in total. The quantitative estimate of drug-likeness (QED) is 0.902. The van der Waals surface area contributed by atoms with Crippen LogP contribution in [0.5, 0.6) is 0 Å². The molecule has 0 saturated carbocycles. The van der Waals surface area contributed by atoms with E-state index in [4.69, 9.17) is 5.11 Å². The first-order valence-corrected chi connectivity index (χ1v) is 7.70. The SMILES string of the molecule is CC1(C)C(=O)C(C#N)=C[C@]2(C)c3nn(CCO)cc3CC[C@@H]12. The minimum atomic E-state index is -0.562. The fraction of sp³-hybridized carbons (Fsp3) is 0.588. The van der Waals surface area contributed by atoms with Gasteiger partial charge in [-0.05, 0) is 24.3 Å². The van der Waals surface area contributed by atoms with Gasteiger partial charge in [0.1, 0.15) is 6.07 Å². The summed E-state index contributed by atoms with van der Waals surface area (Å²) in [5.74, 6) is 0.0743. The molecule has 1 aromatic rings. The summed E-state index contributed by atoms with van der Waals surface area (Å²) in [6, 6.07) is 2.07. The van der Waals surface area contributed by atoms with Crippen LogP contribution < -0.4 is 0 Å². The van der Waals surface area contributed by atoms with E-state index in [-0.39, 0.29) is 23.9 Å². The molecular formula is C17H21N3O2. The van der Waals surface area contributed by atoms with Crippen LogP contribution in [0, 0.1) is 22.7 Å². The van der Waals surface area contributed by atoms with Gasteiger partial charge >= 0.3 is 0 Å². The number of hydrogen-bond donors (Lipinski definition) is 1. The lowest BCUT2D eigenvalue weighted by molar-refractivity contribution is -0.128. The summed E-state index contributed by atoms with van der Waals surface area (Å²) >= 11 is 0. The topological polar surface area (TPSA) is 78.9 Å². The molecule has 1 aromatic heterocycles. The zero-order chi connectivity index (χ0) is 16.1. The average Bonchev–Trinajstić information content (AvgIpc) is 2.87. The number of aliphatic hydroxyl groups excluding tert-OH is 1. The van der Waals surface area contributed by atoms with Crippen LogP contribution in [0.4, 0.5) is 0 Å². The third kappa shape index (κ3) is 1.87. The number of ketones is 1. The number of carbonyl (C=O) groups is 1. The van der Waals surface area contributed by atoms with Crippen LogP contribution in [0.1, 0.15) is 38.4 Å². The van der Waals surface area contributed by atoms with Gasteiger partial charge in [-0.25, -0.2) is 0 Å². The third-order valence-electron chi connectivity index (χ3n) is 5.37. The lowest BCUT2D eigenvalue weighted by atomic mass is 9.52. The zero-order valence-electron chi connectivity index (χ0n) is 13.3. The molecule has 3 rings (SSSR count). The summed E-state index contributed by atoms with van der Waals surface area (Å²) in [6.45, 7) is 6.48. The molecule has 0 radical (unpaired) electrons. The molecule has 5 heteroatoms. The van der Waals surface area contributed by atoms with Crippen molar-refractivity contribution < 1.29 is 9.90 Å². The first-order chi connectivity index (χ1) is 10.3. The van der Waals surface area contributed by atoms with Crippen molar-refractivity contribution >= 4 is 5.78 Å². The standard InChI is InChI=1S/C17H21N3O2/c1-16(2)13-5-4-11-10-20(6-7-21)19-14(11)17(13,3)8-12(9-18)15(16)22/h8,10,13,21H,4-7H2,1-3H3/t13-,17-/m0/s1. The van der Waals surface area contributed by atoms with E-state index in [1.165, 1.54) is 0 Å². The second kappa shape index (κ2) is 4.79. The van der Waals surface area contributed by atoms with Gasteiger partial charge in [0, 0.05) is 17.0 Å². The summed E-state index contributed by atoms with van der Waals surface area (Å²) in [5.41, 5.74) is 1.38. The Kier molecular flexibility index (Phi) is 3.26. The molecule has 1 heterocycles. The summed E-state index contributed by atoms with van der Waals surface area (Å²) in [7, 11) is 0. The van der Waals surface area contributed by atoms with Gasteiger partial charge in [0.05, 0.1) is 24.4 Å². The van der Waals surface area contributed by atoms with Crippen LogP contribution in [-0.4, -0.2) is 27.3 Å². The lowest BCUT2D eigenvalue weighted by Crippen LogP contribution is -2.51. The Balaban J connectivity index is 2.19. The second-order valence-electron chi connectivity index (χ2n) is 7.08. The van der Waals surface area contributed by atoms with E-state index in [9.17, 15) is 10.1 Å². The number of nitriles is 1. The zero-order valence-corrected chi connectivity index (χ0v) is 13.3. The average molecular weight is 299 g/mol. The number of fused-ring (bicyclic) bond motifs is 3. The predicted molar refractivity (Wildman–Crippen MR) is 81.0 cm³/mol. The number of nitrogens with zero attached hydrogens (tertiary/aromatic N) is 3. The van der Waals surface area contributed by atoms with Crippen molar-refractivity contribution in [2.45, 2.75) is 45.6 Å². The van der Waals surface area contributed by atoms with Crippen molar-refractivity contribution in [2.75, 3.05) is 6.61 Å². The van der Waals surface area contributed by atoms with Gasteiger partial charge < -0.3 is 5.11 Å². The fourth-order valence-electron chi connectivity index (χ4n) is 4.31. The Morgan fingerprint density at radius 2 is 2.23 bits per heavy atom. The molecular weight excluding hydrogens is 278 g/mol. The van der Waals surface area contributed by atoms with Crippen molar-refractivity contribution in [3.63, 3.8) is 0 Å². The summed E-state index contributed by atoms with van der Waals surface area (Å²) in [6.07, 6.45) is 5.59. The Labute approximate surface area is 130 Å². The molecule has 0 bridgehead atoms. The number of aliphatic hydroxyl groups is 1. The Bertz CT molecular complexity index is 708. The van der Waals surface area contributed by atoms with E-state index < -0.39 is 10.8 Å². The smallest absolute Gasteiger partial charge is 0.178 e. The Morgan fingerprint density at radius 1 is 1.50 bits per heavy atom. The van der Waals surface area contributed by atoms with Crippen LogP contribution >= 0.6 is 0 Å². The van der Waals surface area contributed by atoms with E-state index in [1.54, 1.807) is 4.68 Å². The largest absolute Gasteiger partial charge is 0.394 e. The summed E-state index contributed by atoms with van der Waals surface area (Å²) < 4.78 is 1.77.